The molecular formula is C12H16FNO. The second kappa shape index (κ2) is 4.43. The Kier molecular flexibility index (Phi) is 3.45. The fourth-order valence-corrected chi connectivity index (χ4v) is 1.52. The summed E-state index contributed by atoms with van der Waals surface area (Å²) in [5.74, 6) is -0.707. The fraction of sp³-hybridized carbons (Fsp3) is 0.417. The van der Waals surface area contributed by atoms with Gasteiger partial charge in [0.2, 0.25) is 0 Å². The average molecular weight is 209 g/mol. The molecule has 0 aromatic heterocycles. The Bertz CT molecular complexity index is 385. The van der Waals surface area contributed by atoms with Crippen LogP contribution in [0.25, 0.3) is 0 Å². The van der Waals surface area contributed by atoms with Crippen molar-refractivity contribution < 1.29 is 9.18 Å². The minimum Gasteiger partial charge on any atom is -0.355 e. The monoisotopic (exact) mass is 209 g/mol. The molecule has 0 aliphatic carbocycles. The minimum absolute atomic E-state index is 0.0771. The molecule has 0 atom stereocenters. The Morgan fingerprint density at radius 3 is 2.47 bits per heavy atom. The van der Waals surface area contributed by atoms with E-state index in [2.05, 4.69) is 5.32 Å². The molecule has 0 saturated heterocycles. The molecule has 0 saturated carbocycles. The van der Waals surface area contributed by atoms with E-state index in [0.717, 1.165) is 5.56 Å². The van der Waals surface area contributed by atoms with Gasteiger partial charge in [-0.3, -0.25) is 4.79 Å². The standard InChI is InChI=1S/C12H16FNO/c1-7(2)9-5-8(3)6-10(11(9)13)12(15)14-4/h5-7H,1-4H3,(H,14,15). The highest BCUT2D eigenvalue weighted by Gasteiger charge is 2.16. The van der Waals surface area contributed by atoms with E-state index < -0.39 is 5.82 Å². The second-order valence-electron chi connectivity index (χ2n) is 3.95. The average Bonchev–Trinajstić information content (AvgIpc) is 2.19. The van der Waals surface area contributed by atoms with E-state index in [4.69, 9.17) is 0 Å². The van der Waals surface area contributed by atoms with E-state index >= 15 is 0 Å². The van der Waals surface area contributed by atoms with Crippen LogP contribution < -0.4 is 5.32 Å². The van der Waals surface area contributed by atoms with Gasteiger partial charge in [0.05, 0.1) is 5.56 Å². The highest BCUT2D eigenvalue weighted by molar-refractivity contribution is 5.94. The SMILES string of the molecule is CNC(=O)c1cc(C)cc(C(C)C)c1F. The second-order valence-corrected chi connectivity index (χ2v) is 3.95. The predicted octanol–water partition coefficient (Wildman–Crippen LogP) is 2.62. The van der Waals surface area contributed by atoms with Gasteiger partial charge < -0.3 is 5.32 Å². The lowest BCUT2D eigenvalue weighted by Gasteiger charge is -2.11. The van der Waals surface area contributed by atoms with Crippen LogP contribution in [0.3, 0.4) is 0 Å². The molecule has 1 N–H and O–H groups in total. The summed E-state index contributed by atoms with van der Waals surface area (Å²) in [4.78, 5) is 11.4. The van der Waals surface area contributed by atoms with Crippen LogP contribution in [0.2, 0.25) is 0 Å². The van der Waals surface area contributed by atoms with Gasteiger partial charge >= 0.3 is 0 Å². The summed E-state index contributed by atoms with van der Waals surface area (Å²) >= 11 is 0. The lowest BCUT2D eigenvalue weighted by molar-refractivity contribution is 0.0958. The molecule has 1 aromatic carbocycles. The van der Waals surface area contributed by atoms with Crippen molar-refractivity contribution in [2.45, 2.75) is 26.7 Å². The lowest BCUT2D eigenvalue weighted by Crippen LogP contribution is -2.20. The molecule has 2 nitrogen and oxygen atoms in total. The quantitative estimate of drug-likeness (QED) is 0.797. The van der Waals surface area contributed by atoms with Crippen LogP contribution in [-0.2, 0) is 0 Å². The van der Waals surface area contributed by atoms with Gasteiger partial charge in [-0.25, -0.2) is 4.39 Å². The van der Waals surface area contributed by atoms with Crippen LogP contribution in [0, 0.1) is 12.7 Å². The number of nitrogens with one attached hydrogen (secondary N) is 1. The van der Waals surface area contributed by atoms with Crippen LogP contribution in [0.15, 0.2) is 12.1 Å². The summed E-state index contributed by atoms with van der Waals surface area (Å²) in [6, 6.07) is 3.35. The number of rotatable bonds is 2. The van der Waals surface area contributed by atoms with Crippen molar-refractivity contribution in [1.29, 1.82) is 0 Å². The first-order chi connectivity index (χ1) is 6.97. The normalized spacial score (nSPS) is 10.5. The van der Waals surface area contributed by atoms with Crippen molar-refractivity contribution in [3.8, 4) is 0 Å². The molecular weight excluding hydrogens is 193 g/mol. The van der Waals surface area contributed by atoms with Crippen molar-refractivity contribution in [3.05, 3.63) is 34.6 Å². The molecule has 1 rings (SSSR count). The summed E-state index contributed by atoms with van der Waals surface area (Å²) < 4.78 is 13.9. The number of halogens is 1. The third-order valence-corrected chi connectivity index (χ3v) is 2.34. The third kappa shape index (κ3) is 2.35. The number of carbonyl (C=O) groups excluding carboxylic acids is 1. The first kappa shape index (κ1) is 11.7. The number of benzene rings is 1. The lowest BCUT2D eigenvalue weighted by atomic mass is 9.97. The molecule has 15 heavy (non-hydrogen) atoms. The molecule has 1 amide bonds. The third-order valence-electron chi connectivity index (χ3n) is 2.34. The van der Waals surface area contributed by atoms with Crippen LogP contribution in [0.5, 0.6) is 0 Å². The highest BCUT2D eigenvalue weighted by atomic mass is 19.1. The van der Waals surface area contributed by atoms with Crippen molar-refractivity contribution in [3.63, 3.8) is 0 Å². The van der Waals surface area contributed by atoms with Gasteiger partial charge in [-0.2, -0.15) is 0 Å². The molecule has 0 spiro atoms. The Labute approximate surface area is 89.5 Å². The zero-order valence-electron chi connectivity index (χ0n) is 9.52. The Balaban J connectivity index is 3.34. The van der Waals surface area contributed by atoms with Crippen LogP contribution in [0.4, 0.5) is 4.39 Å². The molecule has 0 fully saturated rings. The number of hydrogen-bond acceptors (Lipinski definition) is 1. The number of hydrogen-bond donors (Lipinski definition) is 1. The molecule has 0 bridgehead atoms. The van der Waals surface area contributed by atoms with E-state index in [1.807, 2.05) is 20.8 Å². The summed E-state index contributed by atoms with van der Waals surface area (Å²) in [5.41, 5.74) is 1.62. The summed E-state index contributed by atoms with van der Waals surface area (Å²) in [6.45, 7) is 5.68. The molecule has 3 heteroatoms. The van der Waals surface area contributed by atoms with Crippen LogP contribution in [0.1, 0.15) is 41.3 Å². The van der Waals surface area contributed by atoms with Gasteiger partial charge in [-0.15, -0.1) is 0 Å². The van der Waals surface area contributed by atoms with E-state index in [1.54, 1.807) is 12.1 Å². The highest BCUT2D eigenvalue weighted by Crippen LogP contribution is 2.23. The minimum atomic E-state index is -0.407. The van der Waals surface area contributed by atoms with Crippen LogP contribution in [-0.4, -0.2) is 13.0 Å². The molecule has 0 aliphatic heterocycles. The van der Waals surface area contributed by atoms with Crippen LogP contribution >= 0.6 is 0 Å². The van der Waals surface area contributed by atoms with Gasteiger partial charge in [0.15, 0.2) is 0 Å². The Morgan fingerprint density at radius 2 is 2.00 bits per heavy atom. The Hall–Kier alpha value is -1.38. The van der Waals surface area contributed by atoms with Gasteiger partial charge in [-0.05, 0) is 30.0 Å². The topological polar surface area (TPSA) is 29.1 Å². The fourth-order valence-electron chi connectivity index (χ4n) is 1.52. The summed E-state index contributed by atoms with van der Waals surface area (Å²) in [6.07, 6.45) is 0. The molecule has 0 heterocycles. The molecule has 1 aromatic rings. The van der Waals surface area contributed by atoms with Crippen molar-refractivity contribution in [2.75, 3.05) is 7.05 Å². The number of amides is 1. The van der Waals surface area contributed by atoms with Crippen molar-refractivity contribution >= 4 is 5.91 Å². The summed E-state index contributed by atoms with van der Waals surface area (Å²) in [5, 5.41) is 2.44. The molecule has 0 radical (unpaired) electrons. The van der Waals surface area contributed by atoms with Gasteiger partial charge in [0, 0.05) is 7.05 Å². The largest absolute Gasteiger partial charge is 0.355 e. The maximum Gasteiger partial charge on any atom is 0.254 e. The smallest absolute Gasteiger partial charge is 0.254 e. The summed E-state index contributed by atoms with van der Waals surface area (Å²) in [7, 11) is 1.50. The van der Waals surface area contributed by atoms with E-state index in [-0.39, 0.29) is 17.4 Å². The molecule has 0 aliphatic rings. The van der Waals surface area contributed by atoms with Gasteiger partial charge in [0.25, 0.3) is 5.91 Å². The maximum atomic E-state index is 13.9. The zero-order chi connectivity index (χ0) is 11.6. The van der Waals surface area contributed by atoms with E-state index in [0.29, 0.717) is 5.56 Å². The van der Waals surface area contributed by atoms with E-state index in [9.17, 15) is 9.18 Å². The zero-order valence-corrected chi connectivity index (χ0v) is 9.52. The molecule has 0 unspecified atom stereocenters. The van der Waals surface area contributed by atoms with Crippen molar-refractivity contribution in [1.82, 2.24) is 5.32 Å². The van der Waals surface area contributed by atoms with Gasteiger partial charge in [0.1, 0.15) is 5.82 Å². The number of aryl methyl sites for hydroxylation is 1. The molecule has 82 valence electrons. The Morgan fingerprint density at radius 1 is 1.40 bits per heavy atom. The first-order valence-electron chi connectivity index (χ1n) is 4.99. The first-order valence-corrected chi connectivity index (χ1v) is 4.99. The van der Waals surface area contributed by atoms with E-state index in [1.165, 1.54) is 7.05 Å². The van der Waals surface area contributed by atoms with Crippen molar-refractivity contribution in [2.24, 2.45) is 0 Å². The predicted molar refractivity (Wildman–Crippen MR) is 58.6 cm³/mol. The van der Waals surface area contributed by atoms with Gasteiger partial charge in [-0.1, -0.05) is 19.9 Å². The maximum absolute atomic E-state index is 13.9. The number of carbonyl (C=O) groups is 1.